The maximum Gasteiger partial charge on any atom is 0.224 e. The van der Waals surface area contributed by atoms with Gasteiger partial charge in [-0.15, -0.1) is 24.8 Å². The molecule has 0 bridgehead atoms. The fourth-order valence-corrected chi connectivity index (χ4v) is 3.53. The van der Waals surface area contributed by atoms with Crippen molar-refractivity contribution in [1.82, 2.24) is 15.5 Å². The van der Waals surface area contributed by atoms with Gasteiger partial charge in [0.15, 0.2) is 0 Å². The number of likely N-dealkylation sites (tertiary alicyclic amines) is 1. The molecule has 0 aromatic heterocycles. The van der Waals surface area contributed by atoms with Crippen molar-refractivity contribution in [2.75, 3.05) is 26.2 Å². The molecule has 1 unspecified atom stereocenters. The molecular weight excluding hydrogens is 357 g/mol. The van der Waals surface area contributed by atoms with Crippen LogP contribution in [0.5, 0.6) is 0 Å². The van der Waals surface area contributed by atoms with Crippen molar-refractivity contribution in [2.45, 2.75) is 45.2 Å². The molecule has 0 aliphatic carbocycles. The van der Waals surface area contributed by atoms with Gasteiger partial charge in [0.25, 0.3) is 0 Å². The highest BCUT2D eigenvalue weighted by atomic mass is 35.5. The number of benzene rings is 1. The van der Waals surface area contributed by atoms with E-state index in [9.17, 15) is 4.79 Å². The van der Waals surface area contributed by atoms with Gasteiger partial charge in [-0.25, -0.2) is 0 Å². The van der Waals surface area contributed by atoms with E-state index in [2.05, 4.69) is 39.8 Å². The third kappa shape index (κ3) is 7.14. The van der Waals surface area contributed by atoms with E-state index in [1.807, 2.05) is 0 Å². The van der Waals surface area contributed by atoms with Crippen LogP contribution in [0, 0.1) is 5.92 Å². The average Bonchev–Trinajstić information content (AvgIpc) is 3.00. The molecule has 142 valence electrons. The first-order chi connectivity index (χ1) is 11.3. The van der Waals surface area contributed by atoms with E-state index < -0.39 is 0 Å². The number of rotatable bonds is 5. The Morgan fingerprint density at radius 1 is 1.04 bits per heavy atom. The number of carbonyl (C=O) groups excluding carboxylic acids is 1. The predicted octanol–water partition coefficient (Wildman–Crippen LogP) is 3.13. The topological polar surface area (TPSA) is 44.4 Å². The molecular formula is C19H31Cl2N3O. The molecule has 4 nitrogen and oxygen atoms in total. The predicted molar refractivity (Wildman–Crippen MR) is 108 cm³/mol. The monoisotopic (exact) mass is 387 g/mol. The summed E-state index contributed by atoms with van der Waals surface area (Å²) in [4.78, 5) is 14.6. The van der Waals surface area contributed by atoms with Gasteiger partial charge in [-0.3, -0.25) is 9.69 Å². The van der Waals surface area contributed by atoms with Crippen molar-refractivity contribution in [1.29, 1.82) is 0 Å². The Kier molecular flexibility index (Phi) is 10.4. The molecule has 0 spiro atoms. The number of amides is 1. The first-order valence-electron chi connectivity index (χ1n) is 9.10. The quantitative estimate of drug-likeness (QED) is 0.815. The zero-order valence-electron chi connectivity index (χ0n) is 14.8. The van der Waals surface area contributed by atoms with E-state index in [4.69, 9.17) is 0 Å². The average molecular weight is 388 g/mol. The second-order valence-corrected chi connectivity index (χ2v) is 6.91. The van der Waals surface area contributed by atoms with Crippen molar-refractivity contribution in [2.24, 2.45) is 5.92 Å². The zero-order valence-corrected chi connectivity index (χ0v) is 16.5. The van der Waals surface area contributed by atoms with E-state index in [0.29, 0.717) is 6.54 Å². The summed E-state index contributed by atoms with van der Waals surface area (Å²) in [5, 5.41) is 6.30. The molecule has 2 fully saturated rings. The zero-order chi connectivity index (χ0) is 15.9. The van der Waals surface area contributed by atoms with E-state index in [1.165, 1.54) is 49.9 Å². The smallest absolute Gasteiger partial charge is 0.224 e. The van der Waals surface area contributed by atoms with Crippen LogP contribution >= 0.6 is 24.8 Å². The Morgan fingerprint density at radius 3 is 2.28 bits per heavy atom. The third-order valence-corrected chi connectivity index (χ3v) is 5.03. The third-order valence-electron chi connectivity index (χ3n) is 5.03. The molecule has 25 heavy (non-hydrogen) atoms. The fraction of sp³-hybridized carbons (Fsp3) is 0.632. The summed E-state index contributed by atoms with van der Waals surface area (Å²) in [5.41, 5.74) is 2.56. The molecule has 1 aromatic rings. The Balaban J connectivity index is 0.00000156. The number of halogens is 2. The second-order valence-electron chi connectivity index (χ2n) is 6.91. The molecule has 2 aliphatic heterocycles. The highest BCUT2D eigenvalue weighted by Gasteiger charge is 2.21. The van der Waals surface area contributed by atoms with Crippen LogP contribution in [0.25, 0.3) is 0 Å². The molecule has 1 atom stereocenters. The Morgan fingerprint density at radius 2 is 1.68 bits per heavy atom. The lowest BCUT2D eigenvalue weighted by Gasteiger charge is -2.19. The minimum atomic E-state index is 0. The van der Waals surface area contributed by atoms with Gasteiger partial charge in [-0.05, 0) is 50.0 Å². The van der Waals surface area contributed by atoms with Crippen LogP contribution in [0.4, 0.5) is 0 Å². The molecule has 1 amide bonds. The first-order valence-corrected chi connectivity index (χ1v) is 9.10. The SMILES string of the molecule is Cl.Cl.O=C(NCc1ccc(CN2CCCCCC2)cc1)C1CCNC1. The van der Waals surface area contributed by atoms with Crippen LogP contribution in [-0.2, 0) is 17.9 Å². The van der Waals surface area contributed by atoms with Gasteiger partial charge in [-0.2, -0.15) is 0 Å². The number of carbonyl (C=O) groups is 1. The number of nitrogens with one attached hydrogen (secondary N) is 2. The van der Waals surface area contributed by atoms with Gasteiger partial charge in [0.2, 0.25) is 5.91 Å². The van der Waals surface area contributed by atoms with Crippen molar-refractivity contribution in [3.63, 3.8) is 0 Å². The van der Waals surface area contributed by atoms with Gasteiger partial charge >= 0.3 is 0 Å². The lowest BCUT2D eigenvalue weighted by Crippen LogP contribution is -2.31. The normalized spacial score (nSPS) is 20.9. The summed E-state index contributed by atoms with van der Waals surface area (Å²) in [7, 11) is 0. The first kappa shape index (κ1) is 22.2. The van der Waals surface area contributed by atoms with Gasteiger partial charge in [0, 0.05) is 19.6 Å². The Hall–Kier alpha value is -0.810. The minimum absolute atomic E-state index is 0. The number of nitrogens with zero attached hydrogens (tertiary/aromatic N) is 1. The minimum Gasteiger partial charge on any atom is -0.352 e. The van der Waals surface area contributed by atoms with Gasteiger partial charge in [-0.1, -0.05) is 37.1 Å². The van der Waals surface area contributed by atoms with Crippen molar-refractivity contribution >= 4 is 30.7 Å². The summed E-state index contributed by atoms with van der Waals surface area (Å²) >= 11 is 0. The highest BCUT2D eigenvalue weighted by Crippen LogP contribution is 2.14. The maximum absolute atomic E-state index is 12.0. The van der Waals surface area contributed by atoms with E-state index in [1.54, 1.807) is 0 Å². The molecule has 2 aliphatic rings. The lowest BCUT2D eigenvalue weighted by atomic mass is 10.1. The molecule has 2 saturated heterocycles. The summed E-state index contributed by atoms with van der Waals surface area (Å²) in [6, 6.07) is 8.73. The summed E-state index contributed by atoms with van der Waals surface area (Å²) in [6.07, 6.45) is 6.39. The lowest BCUT2D eigenvalue weighted by molar-refractivity contribution is -0.124. The number of hydrogen-bond donors (Lipinski definition) is 2. The second kappa shape index (κ2) is 11.7. The summed E-state index contributed by atoms with van der Waals surface area (Å²) < 4.78 is 0. The van der Waals surface area contributed by atoms with Gasteiger partial charge in [0.1, 0.15) is 0 Å². The number of hydrogen-bond acceptors (Lipinski definition) is 3. The van der Waals surface area contributed by atoms with E-state index >= 15 is 0 Å². The van der Waals surface area contributed by atoms with Crippen LogP contribution < -0.4 is 10.6 Å². The van der Waals surface area contributed by atoms with Crippen molar-refractivity contribution in [3.05, 3.63) is 35.4 Å². The molecule has 0 saturated carbocycles. The highest BCUT2D eigenvalue weighted by molar-refractivity contribution is 5.85. The van der Waals surface area contributed by atoms with Crippen LogP contribution in [0.2, 0.25) is 0 Å². The van der Waals surface area contributed by atoms with Gasteiger partial charge in [0.05, 0.1) is 5.92 Å². The summed E-state index contributed by atoms with van der Waals surface area (Å²) in [6.45, 7) is 5.93. The Labute approximate surface area is 163 Å². The molecule has 6 heteroatoms. The van der Waals surface area contributed by atoms with Crippen LogP contribution in [0.3, 0.4) is 0 Å². The van der Waals surface area contributed by atoms with Crippen molar-refractivity contribution in [3.8, 4) is 0 Å². The van der Waals surface area contributed by atoms with E-state index in [0.717, 1.165) is 26.1 Å². The van der Waals surface area contributed by atoms with Crippen molar-refractivity contribution < 1.29 is 4.79 Å². The molecule has 0 radical (unpaired) electrons. The Bertz CT molecular complexity index is 496. The van der Waals surface area contributed by atoms with E-state index in [-0.39, 0.29) is 36.6 Å². The van der Waals surface area contributed by atoms with Crippen LogP contribution in [-0.4, -0.2) is 37.0 Å². The maximum atomic E-state index is 12.0. The summed E-state index contributed by atoms with van der Waals surface area (Å²) in [5.74, 6) is 0.334. The molecule has 2 heterocycles. The van der Waals surface area contributed by atoms with Gasteiger partial charge < -0.3 is 10.6 Å². The molecule has 2 N–H and O–H groups in total. The molecule has 1 aromatic carbocycles. The fourth-order valence-electron chi connectivity index (χ4n) is 3.53. The molecule has 3 rings (SSSR count). The van der Waals surface area contributed by atoms with Crippen LogP contribution in [0.1, 0.15) is 43.2 Å². The standard InChI is InChI=1S/C19H29N3O.2ClH/c23-19(18-9-10-20-14-18)21-13-16-5-7-17(8-6-16)15-22-11-3-1-2-4-12-22;;/h5-8,18,20H,1-4,9-15H2,(H,21,23);2*1H. The largest absolute Gasteiger partial charge is 0.352 e. The van der Waals surface area contributed by atoms with Crippen LogP contribution in [0.15, 0.2) is 24.3 Å².